The molecule has 16 heavy (non-hydrogen) atoms. The predicted molar refractivity (Wildman–Crippen MR) is 69.6 cm³/mol. The van der Waals surface area contributed by atoms with Crippen molar-refractivity contribution < 1.29 is 4.79 Å². The Labute approximate surface area is 98.1 Å². The molecule has 0 aliphatic heterocycles. The normalized spacial score (nSPS) is 15.7. The summed E-state index contributed by atoms with van der Waals surface area (Å²) in [6, 6.07) is 0. The molecule has 90 valence electrons. The lowest BCUT2D eigenvalue weighted by Crippen LogP contribution is -2.21. The fourth-order valence-electron chi connectivity index (χ4n) is 1.50. The highest BCUT2D eigenvalue weighted by atomic mass is 16.1. The standard InChI is InChI=1S/C7H10N2O.C6H12/c1-3-6(9-4-2)7(10)5-8;1-2-4-6-5-3-1/h3-4H,1-2,5,8H2;1-6H2. The number of nitrogens with zero attached hydrogens (tertiary/aromatic N) is 1. The van der Waals surface area contributed by atoms with Crippen LogP contribution in [0.5, 0.6) is 0 Å². The van der Waals surface area contributed by atoms with Crippen molar-refractivity contribution in [1.82, 2.24) is 0 Å². The lowest BCUT2D eigenvalue weighted by atomic mass is 10.0. The first kappa shape index (κ1) is 14.8. The van der Waals surface area contributed by atoms with E-state index in [1.807, 2.05) is 0 Å². The van der Waals surface area contributed by atoms with Crippen LogP contribution in [-0.4, -0.2) is 18.0 Å². The average Bonchev–Trinajstić information content (AvgIpc) is 2.38. The molecule has 0 saturated heterocycles. The van der Waals surface area contributed by atoms with Crippen LogP contribution >= 0.6 is 0 Å². The minimum Gasteiger partial charge on any atom is -0.324 e. The van der Waals surface area contributed by atoms with Crippen molar-refractivity contribution in [2.45, 2.75) is 38.5 Å². The van der Waals surface area contributed by atoms with Gasteiger partial charge in [0.2, 0.25) is 0 Å². The van der Waals surface area contributed by atoms with Gasteiger partial charge in [0.1, 0.15) is 5.71 Å². The molecule has 0 unspecified atom stereocenters. The number of carbonyl (C=O) groups is 1. The van der Waals surface area contributed by atoms with Gasteiger partial charge in [-0.15, -0.1) is 0 Å². The Morgan fingerprint density at radius 1 is 1.12 bits per heavy atom. The highest BCUT2D eigenvalue weighted by Gasteiger charge is 2.02. The summed E-state index contributed by atoms with van der Waals surface area (Å²) in [5.74, 6) is -0.227. The molecule has 1 saturated carbocycles. The van der Waals surface area contributed by atoms with Crippen LogP contribution in [0.1, 0.15) is 38.5 Å². The van der Waals surface area contributed by atoms with Gasteiger partial charge in [-0.05, 0) is 6.08 Å². The first-order valence-electron chi connectivity index (χ1n) is 5.80. The van der Waals surface area contributed by atoms with Crippen molar-refractivity contribution in [2.24, 2.45) is 10.7 Å². The molecule has 1 fully saturated rings. The van der Waals surface area contributed by atoms with Gasteiger partial charge in [0.25, 0.3) is 0 Å². The molecule has 3 heteroatoms. The smallest absolute Gasteiger partial charge is 0.194 e. The number of ketones is 1. The maximum atomic E-state index is 10.8. The molecule has 0 aromatic heterocycles. The van der Waals surface area contributed by atoms with E-state index in [0.717, 1.165) is 0 Å². The highest BCUT2D eigenvalue weighted by molar-refractivity contribution is 6.44. The van der Waals surface area contributed by atoms with Gasteiger partial charge in [0, 0.05) is 6.20 Å². The second kappa shape index (κ2) is 10.3. The number of rotatable bonds is 4. The summed E-state index contributed by atoms with van der Waals surface area (Å²) >= 11 is 0. The van der Waals surface area contributed by atoms with Crippen LogP contribution in [0.4, 0.5) is 0 Å². The molecule has 0 aromatic carbocycles. The van der Waals surface area contributed by atoms with Crippen LogP contribution in [0.3, 0.4) is 0 Å². The number of allylic oxidation sites excluding steroid dienone is 1. The Kier molecular flexibility index (Phi) is 9.52. The molecule has 0 amide bonds. The zero-order valence-electron chi connectivity index (χ0n) is 9.95. The van der Waals surface area contributed by atoms with Crippen LogP contribution < -0.4 is 5.73 Å². The third kappa shape index (κ3) is 7.12. The van der Waals surface area contributed by atoms with Crippen molar-refractivity contribution in [3.8, 4) is 0 Å². The average molecular weight is 222 g/mol. The molecular formula is C13H22N2O. The molecule has 3 nitrogen and oxygen atoms in total. The quantitative estimate of drug-likeness (QED) is 0.743. The third-order valence-corrected chi connectivity index (χ3v) is 2.39. The van der Waals surface area contributed by atoms with Crippen LogP contribution in [0.2, 0.25) is 0 Å². The molecular weight excluding hydrogens is 200 g/mol. The van der Waals surface area contributed by atoms with Crippen LogP contribution in [0.25, 0.3) is 0 Å². The van der Waals surface area contributed by atoms with Gasteiger partial charge in [-0.3, -0.25) is 9.79 Å². The number of hydrogen-bond acceptors (Lipinski definition) is 3. The van der Waals surface area contributed by atoms with Crippen LogP contribution in [-0.2, 0) is 4.79 Å². The fraction of sp³-hybridized carbons (Fsp3) is 0.538. The number of Topliss-reactive ketones (excluding diaryl/α,β-unsaturated/α-hetero) is 1. The van der Waals surface area contributed by atoms with E-state index in [4.69, 9.17) is 5.73 Å². The van der Waals surface area contributed by atoms with E-state index < -0.39 is 0 Å². The van der Waals surface area contributed by atoms with Crippen molar-refractivity contribution in [3.05, 3.63) is 25.4 Å². The monoisotopic (exact) mass is 222 g/mol. The Morgan fingerprint density at radius 2 is 1.56 bits per heavy atom. The van der Waals surface area contributed by atoms with Gasteiger partial charge >= 0.3 is 0 Å². The summed E-state index contributed by atoms with van der Waals surface area (Å²) < 4.78 is 0. The van der Waals surface area contributed by atoms with Crippen molar-refractivity contribution >= 4 is 11.5 Å². The van der Waals surface area contributed by atoms with E-state index in [-0.39, 0.29) is 18.0 Å². The van der Waals surface area contributed by atoms with Crippen molar-refractivity contribution in [1.29, 1.82) is 0 Å². The summed E-state index contributed by atoms with van der Waals surface area (Å²) in [5.41, 5.74) is 5.33. The molecule has 0 atom stereocenters. The first-order chi connectivity index (χ1) is 7.76. The minimum atomic E-state index is -0.227. The Balaban J connectivity index is 0.000000315. The number of nitrogens with two attached hydrogens (primary N) is 1. The summed E-state index contributed by atoms with van der Waals surface area (Å²) in [6.07, 6.45) is 11.6. The summed E-state index contributed by atoms with van der Waals surface area (Å²) in [6.45, 7) is 6.69. The first-order valence-corrected chi connectivity index (χ1v) is 5.80. The van der Waals surface area contributed by atoms with Crippen LogP contribution in [0, 0.1) is 0 Å². The molecule has 0 heterocycles. The van der Waals surface area contributed by atoms with Gasteiger partial charge in [-0.2, -0.15) is 0 Å². The maximum absolute atomic E-state index is 10.8. The molecule has 0 spiro atoms. The molecule has 1 rings (SSSR count). The van der Waals surface area contributed by atoms with E-state index in [9.17, 15) is 4.79 Å². The van der Waals surface area contributed by atoms with Crippen molar-refractivity contribution in [3.63, 3.8) is 0 Å². The highest BCUT2D eigenvalue weighted by Crippen LogP contribution is 2.15. The predicted octanol–water partition coefficient (Wildman–Crippen LogP) is 2.63. The maximum Gasteiger partial charge on any atom is 0.194 e. The molecule has 0 radical (unpaired) electrons. The Hall–Kier alpha value is -1.22. The lowest BCUT2D eigenvalue weighted by molar-refractivity contribution is -0.111. The van der Waals surface area contributed by atoms with Crippen LogP contribution in [0.15, 0.2) is 30.4 Å². The molecule has 2 N–H and O–H groups in total. The van der Waals surface area contributed by atoms with Gasteiger partial charge in [-0.1, -0.05) is 51.7 Å². The largest absolute Gasteiger partial charge is 0.324 e. The summed E-state index contributed by atoms with van der Waals surface area (Å²) in [4.78, 5) is 14.4. The topological polar surface area (TPSA) is 55.5 Å². The number of hydrogen-bond donors (Lipinski definition) is 1. The molecule has 0 bridgehead atoms. The SMILES string of the molecule is C1CCCCC1.C=CN=C(C=C)C(=O)CN. The van der Waals surface area contributed by atoms with Gasteiger partial charge < -0.3 is 5.73 Å². The van der Waals surface area contributed by atoms with E-state index in [0.29, 0.717) is 0 Å². The van der Waals surface area contributed by atoms with Gasteiger partial charge in [0.05, 0.1) is 6.54 Å². The fourth-order valence-corrected chi connectivity index (χ4v) is 1.50. The van der Waals surface area contributed by atoms with Crippen molar-refractivity contribution in [2.75, 3.05) is 6.54 Å². The summed E-state index contributed by atoms with van der Waals surface area (Å²) in [5, 5.41) is 0. The minimum absolute atomic E-state index is 0.0430. The number of carbonyl (C=O) groups excluding carboxylic acids is 1. The third-order valence-electron chi connectivity index (χ3n) is 2.39. The summed E-state index contributed by atoms with van der Waals surface area (Å²) in [7, 11) is 0. The molecule has 1 aliphatic carbocycles. The number of aliphatic imine (C=N–C) groups is 1. The Morgan fingerprint density at radius 3 is 1.81 bits per heavy atom. The van der Waals surface area contributed by atoms with Gasteiger partial charge in [0.15, 0.2) is 5.78 Å². The zero-order chi connectivity index (χ0) is 12.2. The van der Waals surface area contributed by atoms with E-state index in [1.165, 1.54) is 50.8 Å². The second-order valence-corrected chi connectivity index (χ2v) is 3.65. The Bertz CT molecular complexity index is 241. The molecule has 1 aliphatic rings. The van der Waals surface area contributed by atoms with E-state index in [1.54, 1.807) is 0 Å². The molecule has 0 aromatic rings. The second-order valence-electron chi connectivity index (χ2n) is 3.65. The van der Waals surface area contributed by atoms with Gasteiger partial charge in [-0.25, -0.2) is 0 Å². The zero-order valence-corrected chi connectivity index (χ0v) is 9.95. The lowest BCUT2D eigenvalue weighted by Gasteiger charge is -2.05. The van der Waals surface area contributed by atoms with E-state index >= 15 is 0 Å². The van der Waals surface area contributed by atoms with E-state index in [2.05, 4.69) is 18.2 Å².